The van der Waals surface area contributed by atoms with Gasteiger partial charge in [0.1, 0.15) is 12.1 Å². The van der Waals surface area contributed by atoms with Crippen LogP contribution in [-0.2, 0) is 0 Å². The Bertz CT molecular complexity index is 1450. The molecular weight excluding hydrogens is 412 g/mol. The number of fused-ring (bicyclic) bond motifs is 3. The fourth-order valence-electron chi connectivity index (χ4n) is 3.72. The van der Waals surface area contributed by atoms with Crippen LogP contribution in [0.1, 0.15) is 10.4 Å². The van der Waals surface area contributed by atoms with E-state index in [2.05, 4.69) is 10.2 Å². The minimum absolute atomic E-state index is 0.414. The first-order chi connectivity index (χ1) is 15.0. The van der Waals surface area contributed by atoms with Crippen molar-refractivity contribution in [3.05, 3.63) is 83.6 Å². The minimum Gasteiger partial charge on any atom is -0.366 e. The third-order valence-corrected chi connectivity index (χ3v) is 5.48. The first-order valence-corrected chi connectivity index (χ1v) is 9.93. The SMILES string of the molecule is CN(c1cc(C(N)=O)ccc1-c1ccccc1)c1nc2nncn2c2cc(Cl)ccc12. The monoisotopic (exact) mass is 428 g/mol. The number of hydrogen-bond donors (Lipinski definition) is 1. The van der Waals surface area contributed by atoms with Crippen LogP contribution in [0, 0.1) is 0 Å². The highest BCUT2D eigenvalue weighted by Crippen LogP contribution is 2.37. The van der Waals surface area contributed by atoms with E-state index in [1.807, 2.05) is 66.5 Å². The Balaban J connectivity index is 1.78. The van der Waals surface area contributed by atoms with Gasteiger partial charge in [-0.05, 0) is 35.9 Å². The largest absolute Gasteiger partial charge is 0.366 e. The fourth-order valence-corrected chi connectivity index (χ4v) is 3.88. The highest BCUT2D eigenvalue weighted by Gasteiger charge is 2.19. The average molecular weight is 429 g/mol. The molecule has 7 nitrogen and oxygen atoms in total. The van der Waals surface area contributed by atoms with E-state index in [1.165, 1.54) is 0 Å². The molecule has 5 rings (SSSR count). The molecule has 0 unspecified atom stereocenters. The first-order valence-electron chi connectivity index (χ1n) is 9.55. The highest BCUT2D eigenvalue weighted by molar-refractivity contribution is 6.31. The Morgan fingerprint density at radius 3 is 2.65 bits per heavy atom. The molecule has 0 bridgehead atoms. The van der Waals surface area contributed by atoms with Crippen LogP contribution in [-0.4, -0.2) is 32.5 Å². The van der Waals surface area contributed by atoms with Crippen molar-refractivity contribution in [2.75, 3.05) is 11.9 Å². The fraction of sp³-hybridized carbons (Fsp3) is 0.0435. The van der Waals surface area contributed by atoms with E-state index in [1.54, 1.807) is 22.9 Å². The average Bonchev–Trinajstić information content (AvgIpc) is 3.27. The number of nitrogens with two attached hydrogens (primary N) is 1. The first kappa shape index (κ1) is 19.0. The number of primary amides is 1. The zero-order chi connectivity index (χ0) is 21.5. The van der Waals surface area contributed by atoms with Gasteiger partial charge in [-0.1, -0.05) is 48.0 Å². The lowest BCUT2D eigenvalue weighted by Gasteiger charge is -2.24. The number of halogens is 1. The van der Waals surface area contributed by atoms with Crippen molar-refractivity contribution in [3.63, 3.8) is 0 Å². The summed E-state index contributed by atoms with van der Waals surface area (Å²) in [5, 5.41) is 9.57. The predicted molar refractivity (Wildman–Crippen MR) is 122 cm³/mol. The van der Waals surface area contributed by atoms with Crippen LogP contribution in [0.25, 0.3) is 27.8 Å². The summed E-state index contributed by atoms with van der Waals surface area (Å²) < 4.78 is 1.79. The molecule has 31 heavy (non-hydrogen) atoms. The van der Waals surface area contributed by atoms with Crippen molar-refractivity contribution in [1.29, 1.82) is 0 Å². The maximum atomic E-state index is 11.9. The topological polar surface area (TPSA) is 89.4 Å². The zero-order valence-electron chi connectivity index (χ0n) is 16.5. The van der Waals surface area contributed by atoms with E-state index < -0.39 is 5.91 Å². The van der Waals surface area contributed by atoms with Crippen LogP contribution in [0.15, 0.2) is 73.1 Å². The van der Waals surface area contributed by atoms with E-state index in [9.17, 15) is 4.79 Å². The molecular formula is C23H17ClN6O. The van der Waals surface area contributed by atoms with E-state index in [-0.39, 0.29) is 0 Å². The number of benzene rings is 3. The molecule has 2 aromatic heterocycles. The molecule has 0 aliphatic heterocycles. The maximum Gasteiger partial charge on any atom is 0.257 e. The molecule has 0 fully saturated rings. The molecule has 0 spiro atoms. The lowest BCUT2D eigenvalue weighted by molar-refractivity contribution is 0.100. The summed E-state index contributed by atoms with van der Waals surface area (Å²) in [5.41, 5.74) is 9.55. The van der Waals surface area contributed by atoms with Gasteiger partial charge in [-0.15, -0.1) is 10.2 Å². The Labute approximate surface area is 182 Å². The lowest BCUT2D eigenvalue weighted by Crippen LogP contribution is -2.16. The number of carbonyl (C=O) groups excluding carboxylic acids is 1. The van der Waals surface area contributed by atoms with Gasteiger partial charge >= 0.3 is 0 Å². The molecule has 0 aliphatic carbocycles. The van der Waals surface area contributed by atoms with Gasteiger partial charge in [0.15, 0.2) is 0 Å². The Hall–Kier alpha value is -3.97. The van der Waals surface area contributed by atoms with Crippen LogP contribution < -0.4 is 10.6 Å². The van der Waals surface area contributed by atoms with Crippen molar-refractivity contribution in [2.24, 2.45) is 5.73 Å². The second-order valence-corrected chi connectivity index (χ2v) is 7.56. The number of anilines is 2. The summed E-state index contributed by atoms with van der Waals surface area (Å²) >= 11 is 6.26. The number of hydrogen-bond acceptors (Lipinski definition) is 5. The summed E-state index contributed by atoms with van der Waals surface area (Å²) in [6.07, 6.45) is 1.61. The number of aromatic nitrogens is 4. The summed E-state index contributed by atoms with van der Waals surface area (Å²) in [6, 6.07) is 20.9. The molecule has 0 saturated heterocycles. The summed E-state index contributed by atoms with van der Waals surface area (Å²) in [6.45, 7) is 0. The van der Waals surface area contributed by atoms with Crippen LogP contribution in [0.3, 0.4) is 0 Å². The van der Waals surface area contributed by atoms with E-state index >= 15 is 0 Å². The zero-order valence-corrected chi connectivity index (χ0v) is 17.3. The van der Waals surface area contributed by atoms with Gasteiger partial charge in [0, 0.05) is 28.6 Å². The summed E-state index contributed by atoms with van der Waals surface area (Å²) in [7, 11) is 1.90. The molecule has 2 heterocycles. The third-order valence-electron chi connectivity index (χ3n) is 5.24. The van der Waals surface area contributed by atoms with E-state index in [0.29, 0.717) is 22.2 Å². The second kappa shape index (κ2) is 7.37. The molecule has 0 saturated carbocycles. The number of nitrogens with zero attached hydrogens (tertiary/aromatic N) is 5. The molecule has 0 aliphatic rings. The van der Waals surface area contributed by atoms with Crippen molar-refractivity contribution < 1.29 is 4.79 Å². The van der Waals surface area contributed by atoms with Crippen molar-refractivity contribution in [3.8, 4) is 11.1 Å². The highest BCUT2D eigenvalue weighted by atomic mass is 35.5. The van der Waals surface area contributed by atoms with Gasteiger partial charge in [0.25, 0.3) is 5.78 Å². The molecule has 2 N–H and O–H groups in total. The normalized spacial score (nSPS) is 11.2. The Morgan fingerprint density at radius 2 is 1.87 bits per heavy atom. The molecule has 8 heteroatoms. The molecule has 0 radical (unpaired) electrons. The quantitative estimate of drug-likeness (QED) is 0.456. The number of amides is 1. The van der Waals surface area contributed by atoms with Gasteiger partial charge in [-0.25, -0.2) is 0 Å². The molecule has 0 atom stereocenters. The molecule has 152 valence electrons. The number of rotatable bonds is 4. The van der Waals surface area contributed by atoms with Crippen LogP contribution >= 0.6 is 11.6 Å². The van der Waals surface area contributed by atoms with Crippen molar-refractivity contribution >= 4 is 45.7 Å². The standard InChI is InChI=1S/C23H17ClN6O/c1-29(19-11-15(21(25)31)7-9-17(19)14-5-3-2-4-6-14)22-18-10-8-16(24)12-20(18)30-13-26-28-23(30)27-22/h2-13H,1H3,(H2,25,31). The number of carbonyl (C=O) groups is 1. The Morgan fingerprint density at radius 1 is 1.06 bits per heavy atom. The Kier molecular flexibility index (Phi) is 4.52. The van der Waals surface area contributed by atoms with Crippen molar-refractivity contribution in [1.82, 2.24) is 19.6 Å². The smallest absolute Gasteiger partial charge is 0.257 e. The van der Waals surface area contributed by atoms with Gasteiger partial charge in [0.05, 0.1) is 11.2 Å². The molecule has 1 amide bonds. The summed E-state index contributed by atoms with van der Waals surface area (Å²) in [5.74, 6) is 0.613. The third kappa shape index (κ3) is 3.25. The second-order valence-electron chi connectivity index (χ2n) is 7.12. The lowest BCUT2D eigenvalue weighted by atomic mass is 10.00. The molecule has 3 aromatic carbocycles. The van der Waals surface area contributed by atoms with Gasteiger partial charge in [-0.3, -0.25) is 9.20 Å². The van der Waals surface area contributed by atoms with Crippen molar-refractivity contribution in [2.45, 2.75) is 0 Å². The minimum atomic E-state index is -0.494. The maximum absolute atomic E-state index is 11.9. The van der Waals surface area contributed by atoms with Gasteiger partial charge < -0.3 is 10.6 Å². The predicted octanol–water partition coefficient (Wildman–Crippen LogP) is 4.46. The van der Waals surface area contributed by atoms with E-state index in [4.69, 9.17) is 22.3 Å². The molecule has 5 aromatic rings. The van der Waals surface area contributed by atoms with Gasteiger partial charge in [0.2, 0.25) is 5.91 Å². The van der Waals surface area contributed by atoms with Crippen LogP contribution in [0.2, 0.25) is 5.02 Å². The summed E-state index contributed by atoms with van der Waals surface area (Å²) in [4.78, 5) is 18.6. The van der Waals surface area contributed by atoms with Crippen LogP contribution in [0.5, 0.6) is 0 Å². The van der Waals surface area contributed by atoms with Gasteiger partial charge in [-0.2, -0.15) is 4.98 Å². The van der Waals surface area contributed by atoms with Crippen LogP contribution in [0.4, 0.5) is 11.5 Å². The van der Waals surface area contributed by atoms with E-state index in [0.717, 1.165) is 27.7 Å².